The Morgan fingerprint density at radius 2 is 1.79 bits per heavy atom. The van der Waals surface area contributed by atoms with Crippen molar-refractivity contribution in [3.05, 3.63) is 51.2 Å². The van der Waals surface area contributed by atoms with E-state index in [0.717, 1.165) is 39.4 Å². The van der Waals surface area contributed by atoms with Crippen molar-refractivity contribution < 1.29 is 26.4 Å². The molecule has 1 saturated heterocycles. The molecule has 2 heterocycles. The molecule has 29 heavy (non-hydrogen) atoms. The summed E-state index contributed by atoms with van der Waals surface area (Å²) < 4.78 is 65.4. The van der Waals surface area contributed by atoms with E-state index >= 15 is 0 Å². The molecule has 0 radical (unpaired) electrons. The Bertz CT molecular complexity index is 1010. The van der Waals surface area contributed by atoms with Crippen LogP contribution in [0.5, 0.6) is 0 Å². The van der Waals surface area contributed by atoms with Gasteiger partial charge >= 0.3 is 6.18 Å². The Labute approximate surface area is 171 Å². The molecule has 0 spiro atoms. The second-order valence-electron chi connectivity index (χ2n) is 6.79. The first-order chi connectivity index (χ1) is 13.5. The maximum Gasteiger partial charge on any atom is 0.416 e. The number of carbonyl (C=O) groups excluding carboxylic acids is 1. The van der Waals surface area contributed by atoms with Gasteiger partial charge in [0.2, 0.25) is 10.0 Å². The number of halogens is 3. The molecule has 5 nitrogen and oxygen atoms in total. The summed E-state index contributed by atoms with van der Waals surface area (Å²) in [6, 6.07) is 5.57. The second kappa shape index (κ2) is 8.08. The first kappa shape index (κ1) is 21.8. The molecule has 0 unspecified atom stereocenters. The van der Waals surface area contributed by atoms with Gasteiger partial charge in [0, 0.05) is 31.1 Å². The van der Waals surface area contributed by atoms with E-state index in [9.17, 15) is 26.4 Å². The van der Waals surface area contributed by atoms with Gasteiger partial charge in [-0.1, -0.05) is 13.0 Å². The van der Waals surface area contributed by atoms with Gasteiger partial charge in [-0.15, -0.1) is 11.3 Å². The quantitative estimate of drug-likeness (QED) is 0.718. The minimum atomic E-state index is -4.62. The lowest BCUT2D eigenvalue weighted by Gasteiger charge is -2.33. The summed E-state index contributed by atoms with van der Waals surface area (Å²) in [6.45, 7) is 4.42. The summed E-state index contributed by atoms with van der Waals surface area (Å²) in [5.74, 6) is -0.145. The molecule has 0 aliphatic carbocycles. The Hall–Kier alpha value is -1.91. The third-order valence-electron chi connectivity index (χ3n) is 4.88. The summed E-state index contributed by atoms with van der Waals surface area (Å²) in [5.41, 5.74) is 0.0544. The fourth-order valence-electron chi connectivity index (χ4n) is 3.25. The third-order valence-corrected chi connectivity index (χ3v) is 8.14. The van der Waals surface area contributed by atoms with Crippen molar-refractivity contribution in [1.82, 2.24) is 9.21 Å². The zero-order chi connectivity index (χ0) is 21.4. The molecule has 1 aromatic heterocycles. The molecule has 10 heteroatoms. The Kier molecular flexibility index (Phi) is 6.07. The monoisotopic (exact) mass is 446 g/mol. The van der Waals surface area contributed by atoms with Crippen LogP contribution in [0.4, 0.5) is 13.2 Å². The summed E-state index contributed by atoms with van der Waals surface area (Å²) in [7, 11) is -4.07. The first-order valence-electron chi connectivity index (χ1n) is 9.10. The van der Waals surface area contributed by atoms with Crippen LogP contribution >= 0.6 is 11.3 Å². The highest BCUT2D eigenvalue weighted by Gasteiger charge is 2.34. The van der Waals surface area contributed by atoms with E-state index in [0.29, 0.717) is 10.9 Å². The number of amides is 1. The van der Waals surface area contributed by atoms with Gasteiger partial charge < -0.3 is 4.90 Å². The van der Waals surface area contributed by atoms with Gasteiger partial charge in [0.25, 0.3) is 5.91 Å². The lowest BCUT2D eigenvalue weighted by molar-refractivity contribution is -0.137. The van der Waals surface area contributed by atoms with E-state index < -0.39 is 26.7 Å². The number of thiophene rings is 1. The molecule has 1 aromatic carbocycles. The van der Waals surface area contributed by atoms with Gasteiger partial charge in [0.1, 0.15) is 0 Å². The summed E-state index contributed by atoms with van der Waals surface area (Å²) in [4.78, 5) is 15.7. The van der Waals surface area contributed by atoms with Gasteiger partial charge in [0.05, 0.1) is 15.3 Å². The zero-order valence-corrected chi connectivity index (χ0v) is 17.6. The molecule has 1 amide bonds. The molecule has 0 bridgehead atoms. The van der Waals surface area contributed by atoms with Crippen molar-refractivity contribution in [3.8, 4) is 0 Å². The molecular weight excluding hydrogens is 425 g/mol. The molecule has 158 valence electrons. The number of rotatable bonds is 4. The van der Waals surface area contributed by atoms with Crippen molar-refractivity contribution in [2.45, 2.75) is 31.3 Å². The maximum absolute atomic E-state index is 12.9. The second-order valence-corrected chi connectivity index (χ2v) is 9.87. The smallest absolute Gasteiger partial charge is 0.335 e. The SMILES string of the molecule is CCc1sc(C(=O)N2CCN(S(=O)(=O)c3cccc(C(F)(F)F)c3)CC2)cc1C. The van der Waals surface area contributed by atoms with Crippen LogP contribution in [0.25, 0.3) is 0 Å². The average molecular weight is 447 g/mol. The number of sulfonamides is 1. The Morgan fingerprint density at radius 3 is 2.34 bits per heavy atom. The Balaban J connectivity index is 1.72. The van der Waals surface area contributed by atoms with Crippen LogP contribution in [0.3, 0.4) is 0 Å². The Morgan fingerprint density at radius 1 is 1.14 bits per heavy atom. The van der Waals surface area contributed by atoms with Crippen LogP contribution < -0.4 is 0 Å². The molecule has 0 N–H and O–H groups in total. The fraction of sp³-hybridized carbons (Fsp3) is 0.421. The van der Waals surface area contributed by atoms with E-state index in [-0.39, 0.29) is 32.1 Å². The van der Waals surface area contributed by atoms with Gasteiger partial charge in [0.15, 0.2) is 0 Å². The third kappa shape index (κ3) is 4.49. The predicted octanol–water partition coefficient (Wildman–Crippen LogP) is 3.78. The van der Waals surface area contributed by atoms with Crippen LogP contribution in [0, 0.1) is 6.92 Å². The van der Waals surface area contributed by atoms with E-state index in [2.05, 4.69) is 0 Å². The fourth-order valence-corrected chi connectivity index (χ4v) is 5.80. The highest BCUT2D eigenvalue weighted by Crippen LogP contribution is 2.31. The van der Waals surface area contributed by atoms with Crippen molar-refractivity contribution in [1.29, 1.82) is 0 Å². The number of hydrogen-bond acceptors (Lipinski definition) is 4. The molecule has 1 aliphatic heterocycles. The van der Waals surface area contributed by atoms with Crippen LogP contribution in [0.2, 0.25) is 0 Å². The molecular formula is C19H21F3N2O3S2. The average Bonchev–Trinajstić information content (AvgIpc) is 3.07. The lowest BCUT2D eigenvalue weighted by Crippen LogP contribution is -2.50. The minimum absolute atomic E-state index is 0.0370. The number of nitrogens with zero attached hydrogens (tertiary/aromatic N) is 2. The molecule has 2 aromatic rings. The van der Waals surface area contributed by atoms with E-state index in [4.69, 9.17) is 0 Å². The normalized spacial score (nSPS) is 16.2. The number of carbonyl (C=O) groups is 1. The number of aryl methyl sites for hydroxylation is 2. The molecule has 3 rings (SSSR count). The van der Waals surface area contributed by atoms with Crippen molar-refractivity contribution in [3.63, 3.8) is 0 Å². The van der Waals surface area contributed by atoms with Crippen LogP contribution in [0.15, 0.2) is 35.2 Å². The van der Waals surface area contributed by atoms with Gasteiger partial charge in [-0.3, -0.25) is 4.79 Å². The van der Waals surface area contributed by atoms with Crippen molar-refractivity contribution in [2.24, 2.45) is 0 Å². The highest BCUT2D eigenvalue weighted by atomic mass is 32.2. The zero-order valence-electron chi connectivity index (χ0n) is 16.0. The van der Waals surface area contributed by atoms with E-state index in [1.54, 1.807) is 4.90 Å². The summed E-state index contributed by atoms with van der Waals surface area (Å²) in [6.07, 6.45) is -3.78. The van der Waals surface area contributed by atoms with Gasteiger partial charge in [-0.25, -0.2) is 8.42 Å². The van der Waals surface area contributed by atoms with Gasteiger partial charge in [-0.05, 0) is 43.2 Å². The molecule has 0 saturated carbocycles. The summed E-state index contributed by atoms with van der Waals surface area (Å²) >= 11 is 1.44. The standard InChI is InChI=1S/C19H21F3N2O3S2/c1-3-16-13(2)11-17(28-16)18(25)23-7-9-24(10-8-23)29(26,27)15-6-4-5-14(12-15)19(20,21)22/h4-6,11-12H,3,7-10H2,1-2H3. The molecule has 0 atom stereocenters. The van der Waals surface area contributed by atoms with Gasteiger partial charge in [-0.2, -0.15) is 17.5 Å². The van der Waals surface area contributed by atoms with Crippen LogP contribution in [-0.4, -0.2) is 49.7 Å². The molecule has 1 aliphatic rings. The number of piperazine rings is 1. The maximum atomic E-state index is 12.9. The van der Waals surface area contributed by atoms with E-state index in [1.807, 2.05) is 19.9 Å². The summed E-state index contributed by atoms with van der Waals surface area (Å²) in [5, 5.41) is 0. The van der Waals surface area contributed by atoms with Crippen LogP contribution in [-0.2, 0) is 22.6 Å². The van der Waals surface area contributed by atoms with Crippen LogP contribution in [0.1, 0.15) is 32.6 Å². The number of hydrogen-bond donors (Lipinski definition) is 0. The largest absolute Gasteiger partial charge is 0.416 e. The van der Waals surface area contributed by atoms with Crippen molar-refractivity contribution >= 4 is 27.3 Å². The lowest BCUT2D eigenvalue weighted by atomic mass is 10.2. The van der Waals surface area contributed by atoms with Crippen molar-refractivity contribution in [2.75, 3.05) is 26.2 Å². The topological polar surface area (TPSA) is 57.7 Å². The molecule has 1 fully saturated rings. The number of alkyl halides is 3. The highest BCUT2D eigenvalue weighted by molar-refractivity contribution is 7.89. The predicted molar refractivity (Wildman–Crippen MR) is 105 cm³/mol. The number of benzene rings is 1. The van der Waals surface area contributed by atoms with E-state index in [1.165, 1.54) is 11.3 Å². The first-order valence-corrected chi connectivity index (χ1v) is 11.4. The minimum Gasteiger partial charge on any atom is -0.335 e.